The number of benzene rings is 1. The molecule has 1 N–H and O–H groups in total. The van der Waals surface area contributed by atoms with E-state index in [0.717, 1.165) is 95.2 Å². The molecular weight excluding hydrogens is 510 g/mol. The van der Waals surface area contributed by atoms with Gasteiger partial charge in [-0.15, -0.1) is 0 Å². The van der Waals surface area contributed by atoms with Gasteiger partial charge >= 0.3 is 5.97 Å². The van der Waals surface area contributed by atoms with E-state index in [0.29, 0.717) is 6.73 Å². The highest BCUT2D eigenvalue weighted by molar-refractivity contribution is 5.66. The summed E-state index contributed by atoms with van der Waals surface area (Å²) in [6, 6.07) is 0. The van der Waals surface area contributed by atoms with Crippen LogP contribution in [0.5, 0.6) is 11.5 Å². The van der Waals surface area contributed by atoms with Crippen molar-refractivity contribution in [3.05, 3.63) is 57.2 Å². The summed E-state index contributed by atoms with van der Waals surface area (Å²) in [5.74, 6) is 1.42. The van der Waals surface area contributed by atoms with Crippen molar-refractivity contribution in [2.75, 3.05) is 13.3 Å². The van der Waals surface area contributed by atoms with E-state index in [1.54, 1.807) is 0 Å². The number of carboxylic acids is 1. The fraction of sp³-hybridized carbons (Fsp3) is 0.639. The molecule has 0 bridgehead atoms. The third-order valence-corrected chi connectivity index (χ3v) is 8.84. The number of ether oxygens (including phenoxy) is 2. The highest BCUT2D eigenvalue weighted by atomic mass is 16.5. The van der Waals surface area contributed by atoms with Crippen molar-refractivity contribution in [1.82, 2.24) is 4.90 Å². The van der Waals surface area contributed by atoms with Crippen LogP contribution in [0.3, 0.4) is 0 Å². The molecule has 1 aromatic rings. The average Bonchev–Trinajstić information content (AvgIpc) is 2.91. The normalized spacial score (nSPS) is 19.2. The number of fused-ring (bicyclic) bond motifs is 3. The molecule has 1 aromatic carbocycles. The number of unbranched alkanes of at least 4 members (excludes halogenated alkanes) is 2. The minimum absolute atomic E-state index is 0.157. The summed E-state index contributed by atoms with van der Waals surface area (Å²) in [6.45, 7) is 17.9. The predicted molar refractivity (Wildman–Crippen MR) is 170 cm³/mol. The fourth-order valence-corrected chi connectivity index (χ4v) is 6.02. The Morgan fingerprint density at radius 2 is 1.54 bits per heavy atom. The van der Waals surface area contributed by atoms with E-state index >= 15 is 0 Å². The lowest BCUT2D eigenvalue weighted by Crippen LogP contribution is -2.39. The Kier molecular flexibility index (Phi) is 12.6. The highest BCUT2D eigenvalue weighted by Crippen LogP contribution is 2.46. The zero-order chi connectivity index (χ0) is 30.0. The van der Waals surface area contributed by atoms with E-state index in [9.17, 15) is 4.79 Å². The summed E-state index contributed by atoms with van der Waals surface area (Å²) in [5, 5.41) is 8.87. The Bertz CT molecular complexity index is 1140. The molecule has 3 rings (SSSR count). The van der Waals surface area contributed by atoms with Crippen molar-refractivity contribution in [2.45, 2.75) is 138 Å². The summed E-state index contributed by atoms with van der Waals surface area (Å²) < 4.78 is 13.1. The van der Waals surface area contributed by atoms with Crippen LogP contribution in [0.2, 0.25) is 0 Å². The fourth-order valence-electron chi connectivity index (χ4n) is 6.02. The molecule has 0 amide bonds. The van der Waals surface area contributed by atoms with E-state index in [1.165, 1.54) is 39.0 Å². The number of hydrogen-bond donors (Lipinski definition) is 1. The van der Waals surface area contributed by atoms with Crippen molar-refractivity contribution >= 4 is 5.97 Å². The monoisotopic (exact) mass is 565 g/mol. The summed E-state index contributed by atoms with van der Waals surface area (Å²) in [4.78, 5) is 13.1. The molecule has 0 spiro atoms. The number of aliphatic carboxylic acids is 1. The molecule has 0 fully saturated rings. The van der Waals surface area contributed by atoms with Crippen LogP contribution in [0.25, 0.3) is 0 Å². The number of carbonyl (C=O) groups is 1. The first kappa shape index (κ1) is 33.0. The lowest BCUT2D eigenvalue weighted by atomic mass is 9.84. The molecule has 2 aliphatic rings. The van der Waals surface area contributed by atoms with E-state index in [-0.39, 0.29) is 12.0 Å². The number of allylic oxidation sites excluding steroid dienone is 6. The van der Waals surface area contributed by atoms with Gasteiger partial charge in [0.25, 0.3) is 0 Å². The van der Waals surface area contributed by atoms with E-state index < -0.39 is 5.97 Å². The second kappa shape index (κ2) is 15.6. The molecule has 228 valence electrons. The molecule has 1 atom stereocenters. The Morgan fingerprint density at radius 3 is 2.22 bits per heavy atom. The Balaban J connectivity index is 1.55. The summed E-state index contributed by atoms with van der Waals surface area (Å²) in [5.41, 5.74) is 9.24. The van der Waals surface area contributed by atoms with Crippen LogP contribution >= 0.6 is 0 Å². The third-order valence-electron chi connectivity index (χ3n) is 8.84. The summed E-state index contributed by atoms with van der Waals surface area (Å²) in [7, 11) is 0. The Labute approximate surface area is 249 Å². The van der Waals surface area contributed by atoms with E-state index in [2.05, 4.69) is 71.6 Å². The maximum Gasteiger partial charge on any atom is 0.303 e. The zero-order valence-corrected chi connectivity index (χ0v) is 27.0. The second-order valence-corrected chi connectivity index (χ2v) is 12.9. The van der Waals surface area contributed by atoms with Crippen molar-refractivity contribution < 1.29 is 19.4 Å². The largest absolute Gasteiger partial charge is 0.487 e. The van der Waals surface area contributed by atoms with Crippen molar-refractivity contribution in [3.8, 4) is 11.5 Å². The van der Waals surface area contributed by atoms with Gasteiger partial charge in [-0.05, 0) is 124 Å². The first-order valence-corrected chi connectivity index (χ1v) is 15.8. The summed E-state index contributed by atoms with van der Waals surface area (Å²) >= 11 is 0. The van der Waals surface area contributed by atoms with Crippen molar-refractivity contribution in [1.29, 1.82) is 0 Å². The van der Waals surface area contributed by atoms with Crippen molar-refractivity contribution in [3.63, 3.8) is 0 Å². The maximum absolute atomic E-state index is 10.8. The SMILES string of the molecule is CC(C)=CCCC(C)=CCCC(C)=CCC[C@]1(C)CCc2c3c(c(C)c(C)c2O1)OCN(CCCCCC(=O)O)C3. The molecule has 5 nitrogen and oxygen atoms in total. The number of hydrogen-bond acceptors (Lipinski definition) is 4. The first-order valence-electron chi connectivity index (χ1n) is 15.8. The molecule has 0 aromatic heterocycles. The van der Waals surface area contributed by atoms with Gasteiger partial charge in [0.15, 0.2) is 0 Å². The van der Waals surface area contributed by atoms with Gasteiger partial charge in [0.05, 0.1) is 0 Å². The van der Waals surface area contributed by atoms with Gasteiger partial charge in [-0.3, -0.25) is 9.69 Å². The van der Waals surface area contributed by atoms with E-state index in [4.69, 9.17) is 14.6 Å². The number of rotatable bonds is 15. The molecule has 41 heavy (non-hydrogen) atoms. The first-order chi connectivity index (χ1) is 19.5. The molecule has 2 heterocycles. The number of carboxylic acid groups (broad SMARTS) is 1. The van der Waals surface area contributed by atoms with Crippen molar-refractivity contribution in [2.24, 2.45) is 0 Å². The van der Waals surface area contributed by atoms with Gasteiger partial charge in [0.1, 0.15) is 23.8 Å². The second-order valence-electron chi connectivity index (χ2n) is 12.9. The molecule has 0 unspecified atom stereocenters. The highest BCUT2D eigenvalue weighted by Gasteiger charge is 2.36. The standard InChI is InChI=1S/C36H55NO4/c1-26(2)14-11-15-27(3)16-12-17-28(4)18-13-21-36(7)22-20-31-32-24-37(23-10-8-9-19-33(38)39)25-40-34(32)29(5)30(6)35(31)41-36/h14,16,18H,8-13,15,17,19-25H2,1-7H3,(H,38,39)/t36-/m1/s1. The van der Waals surface area contributed by atoms with Crippen LogP contribution in [0.4, 0.5) is 0 Å². The molecule has 0 saturated heterocycles. The maximum atomic E-state index is 10.8. The molecular formula is C36H55NO4. The van der Waals surface area contributed by atoms with Gasteiger partial charge in [-0.25, -0.2) is 0 Å². The minimum atomic E-state index is -0.708. The van der Waals surface area contributed by atoms with Gasteiger partial charge in [-0.2, -0.15) is 0 Å². The van der Waals surface area contributed by atoms with Gasteiger partial charge in [0.2, 0.25) is 0 Å². The van der Waals surface area contributed by atoms with E-state index in [1.807, 2.05) is 0 Å². The smallest absolute Gasteiger partial charge is 0.303 e. The third kappa shape index (κ3) is 10.1. The predicted octanol–water partition coefficient (Wildman–Crippen LogP) is 9.38. The lowest BCUT2D eigenvalue weighted by molar-refractivity contribution is -0.137. The van der Waals surface area contributed by atoms with Gasteiger partial charge < -0.3 is 14.6 Å². The van der Waals surface area contributed by atoms with Gasteiger partial charge in [0, 0.05) is 30.6 Å². The van der Waals surface area contributed by atoms with Crippen LogP contribution in [0.1, 0.15) is 128 Å². The van der Waals surface area contributed by atoms with Crippen LogP contribution in [-0.2, 0) is 17.8 Å². The average molecular weight is 566 g/mol. The topological polar surface area (TPSA) is 59.0 Å². The molecule has 0 saturated carbocycles. The van der Waals surface area contributed by atoms with Gasteiger partial charge in [-0.1, -0.05) is 41.4 Å². The van der Waals surface area contributed by atoms with Crippen LogP contribution < -0.4 is 9.47 Å². The van der Waals surface area contributed by atoms with Crippen LogP contribution in [-0.4, -0.2) is 34.9 Å². The van der Waals surface area contributed by atoms with Crippen LogP contribution in [0, 0.1) is 13.8 Å². The Hall–Kier alpha value is -2.53. The molecule has 2 aliphatic heterocycles. The lowest BCUT2D eigenvalue weighted by Gasteiger charge is -2.40. The zero-order valence-electron chi connectivity index (χ0n) is 27.0. The molecule has 0 aliphatic carbocycles. The summed E-state index contributed by atoms with van der Waals surface area (Å²) in [6.07, 6.45) is 18.7. The Morgan fingerprint density at radius 1 is 0.878 bits per heavy atom. The molecule has 5 heteroatoms. The minimum Gasteiger partial charge on any atom is -0.487 e. The van der Waals surface area contributed by atoms with Crippen LogP contribution in [0.15, 0.2) is 34.9 Å². The quantitative estimate of drug-likeness (QED) is 0.170. The molecule has 0 radical (unpaired) electrons. The number of nitrogens with zero attached hydrogens (tertiary/aromatic N) is 1.